The average Bonchev–Trinajstić information content (AvgIpc) is 3.30. The normalized spacial score (nSPS) is 15.6. The average molecular weight is 401 g/mol. The van der Waals surface area contributed by atoms with Crippen molar-refractivity contribution >= 4 is 17.5 Å². The van der Waals surface area contributed by atoms with Gasteiger partial charge in [-0.3, -0.25) is 14.6 Å². The van der Waals surface area contributed by atoms with Crippen molar-refractivity contribution < 1.29 is 14.3 Å². The number of benzene rings is 2. The molecule has 0 unspecified atom stereocenters. The number of anilines is 1. The number of rotatable bonds is 5. The molecule has 1 aliphatic heterocycles. The number of methoxy groups -OCH3 is 1. The molecule has 1 aromatic heterocycles. The van der Waals surface area contributed by atoms with Gasteiger partial charge in [-0.2, -0.15) is 0 Å². The smallest absolute Gasteiger partial charge is 0.256 e. The number of hydrogen-bond donors (Lipinski definition) is 1. The fourth-order valence-electron chi connectivity index (χ4n) is 3.77. The predicted octanol–water partition coefficient (Wildman–Crippen LogP) is 4.00. The van der Waals surface area contributed by atoms with Gasteiger partial charge in [0.2, 0.25) is 5.91 Å². The maximum Gasteiger partial charge on any atom is 0.256 e. The number of nitrogens with zero attached hydrogens (tertiary/aromatic N) is 2. The van der Waals surface area contributed by atoms with Gasteiger partial charge < -0.3 is 15.0 Å². The number of hydrogen-bond acceptors (Lipinski definition) is 4. The first-order chi connectivity index (χ1) is 14.7. The summed E-state index contributed by atoms with van der Waals surface area (Å²) in [5.74, 6) is 0.436. The van der Waals surface area contributed by atoms with Crippen molar-refractivity contribution in [2.75, 3.05) is 19.0 Å². The Balaban J connectivity index is 1.54. The monoisotopic (exact) mass is 401 g/mol. The summed E-state index contributed by atoms with van der Waals surface area (Å²) in [6.07, 6.45) is 4.60. The number of ether oxygens (including phenoxy) is 1. The predicted molar refractivity (Wildman–Crippen MR) is 115 cm³/mol. The van der Waals surface area contributed by atoms with Crippen LogP contribution in [0, 0.1) is 0 Å². The first kappa shape index (κ1) is 19.6. The second-order valence-electron chi connectivity index (χ2n) is 7.16. The number of para-hydroxylation sites is 1. The zero-order chi connectivity index (χ0) is 20.9. The Morgan fingerprint density at radius 3 is 2.60 bits per heavy atom. The van der Waals surface area contributed by atoms with Crippen LogP contribution in [0.1, 0.15) is 23.2 Å². The van der Waals surface area contributed by atoms with Crippen LogP contribution in [0.2, 0.25) is 0 Å². The Hall–Kier alpha value is -3.67. The molecule has 1 fully saturated rings. The van der Waals surface area contributed by atoms with Gasteiger partial charge in [-0.15, -0.1) is 0 Å². The Morgan fingerprint density at radius 2 is 1.87 bits per heavy atom. The van der Waals surface area contributed by atoms with Crippen LogP contribution in [0.5, 0.6) is 5.75 Å². The van der Waals surface area contributed by atoms with E-state index in [0.717, 1.165) is 23.3 Å². The quantitative estimate of drug-likeness (QED) is 0.701. The summed E-state index contributed by atoms with van der Waals surface area (Å²) in [6, 6.07) is 18.3. The Kier molecular flexibility index (Phi) is 5.75. The summed E-state index contributed by atoms with van der Waals surface area (Å²) in [5.41, 5.74) is 3.10. The van der Waals surface area contributed by atoms with E-state index in [0.29, 0.717) is 24.2 Å². The van der Waals surface area contributed by atoms with E-state index >= 15 is 0 Å². The number of pyridine rings is 1. The molecule has 3 aromatic rings. The molecule has 0 saturated carbocycles. The molecular formula is C24H23N3O3. The molecule has 0 bridgehead atoms. The van der Waals surface area contributed by atoms with Gasteiger partial charge in [0.05, 0.1) is 12.7 Å². The van der Waals surface area contributed by atoms with Crippen LogP contribution in [0.15, 0.2) is 73.1 Å². The summed E-state index contributed by atoms with van der Waals surface area (Å²) in [5, 5.41) is 3.04. The van der Waals surface area contributed by atoms with Gasteiger partial charge >= 0.3 is 0 Å². The minimum absolute atomic E-state index is 0.163. The van der Waals surface area contributed by atoms with Crippen LogP contribution in [0.25, 0.3) is 11.1 Å². The molecule has 4 rings (SSSR count). The summed E-state index contributed by atoms with van der Waals surface area (Å²) in [4.78, 5) is 31.6. The molecule has 1 saturated heterocycles. The third-order valence-electron chi connectivity index (χ3n) is 5.31. The zero-order valence-corrected chi connectivity index (χ0v) is 16.7. The van der Waals surface area contributed by atoms with Crippen LogP contribution in [-0.4, -0.2) is 41.4 Å². The first-order valence-electron chi connectivity index (χ1n) is 9.92. The number of likely N-dealkylation sites (tertiary alicyclic amines) is 1. The van der Waals surface area contributed by atoms with E-state index in [1.807, 2.05) is 48.5 Å². The topological polar surface area (TPSA) is 71.5 Å². The molecule has 1 atom stereocenters. The first-order valence-corrected chi connectivity index (χ1v) is 9.92. The van der Waals surface area contributed by atoms with Gasteiger partial charge in [-0.05, 0) is 48.7 Å². The second kappa shape index (κ2) is 8.78. The van der Waals surface area contributed by atoms with Crippen molar-refractivity contribution in [1.29, 1.82) is 0 Å². The SMILES string of the molecule is COc1ccc(-c2ccccc2NC(=O)[C@H]2CCCN2C(=O)c2cccnc2)cc1. The fourth-order valence-corrected chi connectivity index (χ4v) is 3.77. The molecule has 0 spiro atoms. The number of carbonyl (C=O) groups excluding carboxylic acids is 2. The molecule has 30 heavy (non-hydrogen) atoms. The highest BCUT2D eigenvalue weighted by atomic mass is 16.5. The lowest BCUT2D eigenvalue weighted by Gasteiger charge is -2.24. The molecule has 1 aliphatic rings. The van der Waals surface area contributed by atoms with E-state index < -0.39 is 6.04 Å². The van der Waals surface area contributed by atoms with Crippen molar-refractivity contribution in [3.05, 3.63) is 78.6 Å². The van der Waals surface area contributed by atoms with Crippen molar-refractivity contribution in [3.63, 3.8) is 0 Å². The minimum Gasteiger partial charge on any atom is -0.497 e. The second-order valence-corrected chi connectivity index (χ2v) is 7.16. The highest BCUT2D eigenvalue weighted by Gasteiger charge is 2.34. The van der Waals surface area contributed by atoms with Crippen LogP contribution in [0.4, 0.5) is 5.69 Å². The van der Waals surface area contributed by atoms with Crippen molar-refractivity contribution in [2.24, 2.45) is 0 Å². The molecule has 1 N–H and O–H groups in total. The van der Waals surface area contributed by atoms with Gasteiger partial charge in [0, 0.05) is 30.2 Å². The lowest BCUT2D eigenvalue weighted by Crippen LogP contribution is -2.43. The van der Waals surface area contributed by atoms with E-state index in [2.05, 4.69) is 10.3 Å². The third-order valence-corrected chi connectivity index (χ3v) is 5.31. The van der Waals surface area contributed by atoms with Crippen molar-refractivity contribution in [2.45, 2.75) is 18.9 Å². The van der Waals surface area contributed by atoms with E-state index in [1.165, 1.54) is 6.20 Å². The van der Waals surface area contributed by atoms with Gasteiger partial charge in [0.1, 0.15) is 11.8 Å². The summed E-state index contributed by atoms with van der Waals surface area (Å²) >= 11 is 0. The van der Waals surface area contributed by atoms with Crippen LogP contribution in [0.3, 0.4) is 0 Å². The molecule has 6 nitrogen and oxygen atoms in total. The highest BCUT2D eigenvalue weighted by Crippen LogP contribution is 2.30. The molecule has 152 valence electrons. The molecule has 6 heteroatoms. The Labute approximate surface area is 175 Å². The fraction of sp³-hybridized carbons (Fsp3) is 0.208. The van der Waals surface area contributed by atoms with E-state index in [4.69, 9.17) is 4.74 Å². The molecule has 2 aromatic carbocycles. The van der Waals surface area contributed by atoms with Gasteiger partial charge in [0.25, 0.3) is 5.91 Å². The van der Waals surface area contributed by atoms with E-state index in [1.54, 1.807) is 30.3 Å². The molecule has 0 radical (unpaired) electrons. The summed E-state index contributed by atoms with van der Waals surface area (Å²) < 4.78 is 5.23. The zero-order valence-electron chi connectivity index (χ0n) is 16.7. The maximum atomic E-state index is 13.1. The van der Waals surface area contributed by atoms with Crippen molar-refractivity contribution in [3.8, 4) is 16.9 Å². The number of amides is 2. The highest BCUT2D eigenvalue weighted by molar-refractivity contribution is 6.03. The van der Waals surface area contributed by atoms with Crippen LogP contribution in [-0.2, 0) is 4.79 Å². The van der Waals surface area contributed by atoms with Gasteiger partial charge in [-0.25, -0.2) is 0 Å². The van der Waals surface area contributed by atoms with E-state index in [-0.39, 0.29) is 11.8 Å². The number of carbonyl (C=O) groups is 2. The lowest BCUT2D eigenvalue weighted by atomic mass is 10.0. The minimum atomic E-state index is -0.498. The van der Waals surface area contributed by atoms with Crippen LogP contribution >= 0.6 is 0 Å². The van der Waals surface area contributed by atoms with Crippen molar-refractivity contribution in [1.82, 2.24) is 9.88 Å². The van der Waals surface area contributed by atoms with Crippen LogP contribution < -0.4 is 10.1 Å². The molecule has 2 amide bonds. The largest absolute Gasteiger partial charge is 0.497 e. The maximum absolute atomic E-state index is 13.1. The standard InChI is InChI=1S/C24H23N3O3/c1-30-19-12-10-17(11-13-19)20-7-2-3-8-21(20)26-23(28)22-9-5-15-27(22)24(29)18-6-4-14-25-16-18/h2-4,6-8,10-14,16,22H,5,9,15H2,1H3,(H,26,28)/t22-/m1/s1. The molecule has 2 heterocycles. The summed E-state index contributed by atoms with van der Waals surface area (Å²) in [7, 11) is 1.63. The Morgan fingerprint density at radius 1 is 1.07 bits per heavy atom. The molecule has 0 aliphatic carbocycles. The van der Waals surface area contributed by atoms with Gasteiger partial charge in [0.15, 0.2) is 0 Å². The number of nitrogens with one attached hydrogen (secondary N) is 1. The molecular weight excluding hydrogens is 378 g/mol. The Bertz CT molecular complexity index is 1040. The third kappa shape index (κ3) is 4.03. The summed E-state index contributed by atoms with van der Waals surface area (Å²) in [6.45, 7) is 0.561. The lowest BCUT2D eigenvalue weighted by molar-refractivity contribution is -0.119. The van der Waals surface area contributed by atoms with Gasteiger partial charge in [-0.1, -0.05) is 30.3 Å². The number of aromatic nitrogens is 1. The van der Waals surface area contributed by atoms with E-state index in [9.17, 15) is 9.59 Å².